The summed E-state index contributed by atoms with van der Waals surface area (Å²) >= 11 is 0. The lowest BCUT2D eigenvalue weighted by Gasteiger charge is -2.08. The Morgan fingerprint density at radius 2 is 1.93 bits per heavy atom. The highest BCUT2D eigenvalue weighted by Crippen LogP contribution is 2.22. The molecular weight excluding hydrogens is 340 g/mol. The Bertz CT molecular complexity index is 1070. The average Bonchev–Trinajstić information content (AvgIpc) is 3.31. The molecule has 0 unspecified atom stereocenters. The minimum Gasteiger partial charge on any atom is -0.334 e. The summed E-state index contributed by atoms with van der Waals surface area (Å²) in [7, 11) is 0. The predicted octanol–water partition coefficient (Wildman–Crippen LogP) is 4.15. The Balaban J connectivity index is 1.51. The first-order valence-electron chi connectivity index (χ1n) is 8.60. The van der Waals surface area contributed by atoms with Crippen LogP contribution in [-0.2, 0) is 11.3 Å². The molecular formula is C21H18N4O2. The van der Waals surface area contributed by atoms with Gasteiger partial charge in [0.2, 0.25) is 11.7 Å². The fourth-order valence-electron chi connectivity index (χ4n) is 2.86. The SMILES string of the molecule is Cc1cccc(NC(=O)Cn2cccc2-c2nc(-c3ccccc3)no2)c1. The van der Waals surface area contributed by atoms with E-state index >= 15 is 0 Å². The van der Waals surface area contributed by atoms with Crippen LogP contribution in [0.4, 0.5) is 5.69 Å². The molecule has 0 aliphatic carbocycles. The number of carbonyl (C=O) groups is 1. The maximum absolute atomic E-state index is 12.4. The number of carbonyl (C=O) groups excluding carboxylic acids is 1. The molecule has 134 valence electrons. The zero-order valence-corrected chi connectivity index (χ0v) is 14.8. The van der Waals surface area contributed by atoms with Crippen LogP contribution in [-0.4, -0.2) is 20.6 Å². The van der Waals surface area contributed by atoms with Crippen LogP contribution < -0.4 is 5.32 Å². The summed E-state index contributed by atoms with van der Waals surface area (Å²) in [6.07, 6.45) is 1.82. The van der Waals surface area contributed by atoms with Gasteiger partial charge in [0, 0.05) is 17.4 Å². The number of hydrogen-bond donors (Lipinski definition) is 1. The number of aromatic nitrogens is 3. The molecule has 1 amide bonds. The van der Waals surface area contributed by atoms with Crippen molar-refractivity contribution in [1.82, 2.24) is 14.7 Å². The topological polar surface area (TPSA) is 73.0 Å². The standard InChI is InChI=1S/C21H18N4O2/c1-15-7-5-10-17(13-15)22-19(26)14-25-12-6-11-18(25)21-23-20(24-27-21)16-8-3-2-4-9-16/h2-13H,14H2,1H3,(H,22,26). The summed E-state index contributed by atoms with van der Waals surface area (Å²) in [4.78, 5) is 16.9. The molecule has 2 aromatic heterocycles. The van der Waals surface area contributed by atoms with E-state index in [4.69, 9.17) is 4.52 Å². The van der Waals surface area contributed by atoms with Crippen LogP contribution in [0.3, 0.4) is 0 Å². The highest BCUT2D eigenvalue weighted by molar-refractivity contribution is 5.90. The molecule has 2 heterocycles. The lowest BCUT2D eigenvalue weighted by molar-refractivity contribution is -0.116. The van der Waals surface area contributed by atoms with Crippen molar-refractivity contribution >= 4 is 11.6 Å². The van der Waals surface area contributed by atoms with Crippen LogP contribution in [0.1, 0.15) is 5.56 Å². The number of amides is 1. The van der Waals surface area contributed by atoms with E-state index < -0.39 is 0 Å². The van der Waals surface area contributed by atoms with Gasteiger partial charge in [0.15, 0.2) is 0 Å². The summed E-state index contributed by atoms with van der Waals surface area (Å²) in [5.74, 6) is 0.769. The Morgan fingerprint density at radius 1 is 1.07 bits per heavy atom. The average molecular weight is 358 g/mol. The molecule has 4 aromatic rings. The number of nitrogens with one attached hydrogen (secondary N) is 1. The van der Waals surface area contributed by atoms with Crippen molar-refractivity contribution in [3.05, 3.63) is 78.5 Å². The number of rotatable bonds is 5. The Kier molecular flexibility index (Phi) is 4.53. The third-order valence-corrected chi connectivity index (χ3v) is 4.12. The normalized spacial score (nSPS) is 10.7. The zero-order chi connectivity index (χ0) is 18.6. The Hall–Kier alpha value is -3.67. The van der Waals surface area contributed by atoms with Crippen molar-refractivity contribution in [2.45, 2.75) is 13.5 Å². The van der Waals surface area contributed by atoms with Gasteiger partial charge >= 0.3 is 0 Å². The van der Waals surface area contributed by atoms with Gasteiger partial charge < -0.3 is 14.4 Å². The molecule has 4 rings (SSSR count). The molecule has 0 spiro atoms. The van der Waals surface area contributed by atoms with Gasteiger partial charge in [0.05, 0.1) is 0 Å². The minimum atomic E-state index is -0.124. The lowest BCUT2D eigenvalue weighted by atomic mass is 10.2. The number of hydrogen-bond acceptors (Lipinski definition) is 4. The van der Waals surface area contributed by atoms with E-state index in [1.54, 1.807) is 4.57 Å². The first-order valence-corrected chi connectivity index (χ1v) is 8.60. The van der Waals surface area contributed by atoms with Gasteiger partial charge in [-0.2, -0.15) is 4.98 Å². The van der Waals surface area contributed by atoms with E-state index in [1.807, 2.05) is 79.9 Å². The van der Waals surface area contributed by atoms with E-state index in [-0.39, 0.29) is 12.5 Å². The number of aryl methyl sites for hydroxylation is 1. The second kappa shape index (κ2) is 7.29. The van der Waals surface area contributed by atoms with Crippen molar-refractivity contribution in [1.29, 1.82) is 0 Å². The van der Waals surface area contributed by atoms with Crippen LogP contribution in [0.2, 0.25) is 0 Å². The summed E-state index contributed by atoms with van der Waals surface area (Å²) in [5.41, 5.74) is 3.44. The summed E-state index contributed by atoms with van der Waals surface area (Å²) < 4.78 is 7.19. The molecule has 0 radical (unpaired) electrons. The zero-order valence-electron chi connectivity index (χ0n) is 14.8. The van der Waals surface area contributed by atoms with Gasteiger partial charge in [0.25, 0.3) is 5.89 Å². The molecule has 0 aliphatic heterocycles. The van der Waals surface area contributed by atoms with Crippen LogP contribution in [0, 0.1) is 6.92 Å². The van der Waals surface area contributed by atoms with Gasteiger partial charge in [-0.1, -0.05) is 47.6 Å². The second-order valence-corrected chi connectivity index (χ2v) is 6.23. The third kappa shape index (κ3) is 3.79. The van der Waals surface area contributed by atoms with E-state index in [1.165, 1.54) is 0 Å². The van der Waals surface area contributed by atoms with E-state index in [2.05, 4.69) is 15.5 Å². The maximum atomic E-state index is 12.4. The number of nitrogens with zero attached hydrogens (tertiary/aromatic N) is 3. The highest BCUT2D eigenvalue weighted by atomic mass is 16.5. The molecule has 2 aromatic carbocycles. The van der Waals surface area contributed by atoms with Gasteiger partial charge in [-0.05, 0) is 36.8 Å². The molecule has 27 heavy (non-hydrogen) atoms. The largest absolute Gasteiger partial charge is 0.334 e. The second-order valence-electron chi connectivity index (χ2n) is 6.23. The first-order chi connectivity index (χ1) is 13.2. The van der Waals surface area contributed by atoms with Crippen LogP contribution in [0.5, 0.6) is 0 Å². The van der Waals surface area contributed by atoms with Crippen LogP contribution in [0.15, 0.2) is 77.4 Å². The van der Waals surface area contributed by atoms with E-state index in [9.17, 15) is 4.79 Å². The fraction of sp³-hybridized carbons (Fsp3) is 0.0952. The molecule has 0 bridgehead atoms. The molecule has 0 saturated heterocycles. The molecule has 0 saturated carbocycles. The highest BCUT2D eigenvalue weighted by Gasteiger charge is 2.15. The van der Waals surface area contributed by atoms with E-state index in [0.29, 0.717) is 17.4 Å². The Morgan fingerprint density at radius 3 is 2.74 bits per heavy atom. The minimum absolute atomic E-state index is 0.124. The smallest absolute Gasteiger partial charge is 0.274 e. The third-order valence-electron chi connectivity index (χ3n) is 4.12. The van der Waals surface area contributed by atoms with E-state index in [0.717, 1.165) is 16.8 Å². The van der Waals surface area contributed by atoms with Crippen LogP contribution >= 0.6 is 0 Å². The van der Waals surface area contributed by atoms with Crippen LogP contribution in [0.25, 0.3) is 23.0 Å². The number of benzene rings is 2. The van der Waals surface area contributed by atoms with Crippen molar-refractivity contribution in [3.63, 3.8) is 0 Å². The lowest BCUT2D eigenvalue weighted by Crippen LogP contribution is -2.18. The quantitative estimate of drug-likeness (QED) is 0.582. The Labute approximate surface area is 156 Å². The van der Waals surface area contributed by atoms with Crippen molar-refractivity contribution in [2.75, 3.05) is 5.32 Å². The van der Waals surface area contributed by atoms with Crippen molar-refractivity contribution in [3.8, 4) is 23.0 Å². The molecule has 0 aliphatic rings. The maximum Gasteiger partial charge on any atom is 0.274 e. The van der Waals surface area contributed by atoms with Gasteiger partial charge in [-0.3, -0.25) is 4.79 Å². The summed E-state index contributed by atoms with van der Waals surface area (Å²) in [5, 5.41) is 6.94. The predicted molar refractivity (Wildman–Crippen MR) is 103 cm³/mol. The van der Waals surface area contributed by atoms with Crippen molar-refractivity contribution in [2.24, 2.45) is 0 Å². The molecule has 6 nitrogen and oxygen atoms in total. The molecule has 0 atom stereocenters. The number of anilines is 1. The first kappa shape index (κ1) is 16.8. The van der Waals surface area contributed by atoms with Gasteiger partial charge in [-0.15, -0.1) is 0 Å². The molecule has 1 N–H and O–H groups in total. The van der Waals surface area contributed by atoms with Crippen molar-refractivity contribution < 1.29 is 9.32 Å². The summed E-state index contributed by atoms with van der Waals surface area (Å²) in [6.45, 7) is 2.14. The molecule has 0 fully saturated rings. The van der Waals surface area contributed by atoms with Gasteiger partial charge in [-0.25, -0.2) is 0 Å². The van der Waals surface area contributed by atoms with Gasteiger partial charge in [0.1, 0.15) is 12.2 Å². The fourth-order valence-corrected chi connectivity index (χ4v) is 2.86. The molecule has 6 heteroatoms. The monoisotopic (exact) mass is 358 g/mol. The summed E-state index contributed by atoms with van der Waals surface area (Å²) in [6, 6.07) is 21.0.